The predicted molar refractivity (Wildman–Crippen MR) is 126 cm³/mol. The van der Waals surface area contributed by atoms with Crippen molar-refractivity contribution in [2.24, 2.45) is 0 Å². The Morgan fingerprint density at radius 3 is 2.43 bits per heavy atom. The van der Waals surface area contributed by atoms with Gasteiger partial charge in [-0.05, 0) is 63.1 Å². The number of nitro groups is 1. The number of alkyl halides is 3. The molecule has 3 rings (SSSR count). The fourth-order valence-electron chi connectivity index (χ4n) is 4.14. The van der Waals surface area contributed by atoms with Crippen molar-refractivity contribution in [3.63, 3.8) is 0 Å². The molecule has 0 aliphatic heterocycles. The van der Waals surface area contributed by atoms with Gasteiger partial charge in [0.1, 0.15) is 12.2 Å². The van der Waals surface area contributed by atoms with Crippen LogP contribution >= 0.6 is 0 Å². The summed E-state index contributed by atoms with van der Waals surface area (Å²) < 4.78 is 45.2. The maximum Gasteiger partial charge on any atom is 0.423 e. The van der Waals surface area contributed by atoms with Crippen molar-refractivity contribution in [3.8, 4) is 0 Å². The first-order valence-corrected chi connectivity index (χ1v) is 11.7. The number of nitrogens with zero attached hydrogens (tertiary/aromatic N) is 1. The van der Waals surface area contributed by atoms with E-state index in [0.29, 0.717) is 32.2 Å². The van der Waals surface area contributed by atoms with E-state index in [4.69, 9.17) is 4.74 Å². The van der Waals surface area contributed by atoms with Crippen molar-refractivity contribution < 1.29 is 27.6 Å². The summed E-state index contributed by atoms with van der Waals surface area (Å²) in [5.41, 5.74) is 0.404. The molecule has 0 radical (unpaired) electrons. The average molecular weight is 494 g/mol. The zero-order valence-electron chi connectivity index (χ0n) is 19.6. The summed E-state index contributed by atoms with van der Waals surface area (Å²) in [6.07, 6.45) is -0.541. The number of nitrogens with one attached hydrogen (secondary N) is 2. The van der Waals surface area contributed by atoms with Crippen molar-refractivity contribution in [2.75, 3.05) is 18.5 Å². The lowest BCUT2D eigenvalue weighted by Gasteiger charge is -2.29. The molecule has 7 nitrogen and oxygen atoms in total. The number of hydrogen-bond acceptors (Lipinski definition) is 5. The number of hydrogen-bond donors (Lipinski definition) is 2. The highest BCUT2D eigenvalue weighted by atomic mass is 19.4. The first-order chi connectivity index (χ1) is 16.6. The molecule has 0 bridgehead atoms. The second kappa shape index (κ2) is 12.0. The Bertz CT molecular complexity index is 1000. The SMILES string of the molecule is Cc1ccc(CCCNC(=O)COC2CCC(Nc3ccc([N+](=O)[O-])c(C(F)(F)F)c3)CC2)cc1. The molecule has 0 saturated heterocycles. The van der Waals surface area contributed by atoms with E-state index in [0.717, 1.165) is 25.0 Å². The summed E-state index contributed by atoms with van der Waals surface area (Å²) in [7, 11) is 0. The molecular weight excluding hydrogens is 463 g/mol. The number of carbonyl (C=O) groups is 1. The Morgan fingerprint density at radius 1 is 1.11 bits per heavy atom. The number of amides is 1. The van der Waals surface area contributed by atoms with Crippen LogP contribution in [0.15, 0.2) is 42.5 Å². The van der Waals surface area contributed by atoms with E-state index in [-0.39, 0.29) is 30.3 Å². The summed E-state index contributed by atoms with van der Waals surface area (Å²) in [5, 5.41) is 16.8. The maximum atomic E-state index is 13.2. The fourth-order valence-corrected chi connectivity index (χ4v) is 4.14. The van der Waals surface area contributed by atoms with E-state index in [1.165, 1.54) is 17.2 Å². The molecule has 0 aromatic heterocycles. The van der Waals surface area contributed by atoms with Gasteiger partial charge in [0.05, 0.1) is 11.0 Å². The topological polar surface area (TPSA) is 93.5 Å². The number of carbonyl (C=O) groups excluding carboxylic acids is 1. The minimum absolute atomic E-state index is 0.0232. The highest BCUT2D eigenvalue weighted by Crippen LogP contribution is 2.38. The molecule has 10 heteroatoms. The van der Waals surface area contributed by atoms with Gasteiger partial charge in [0, 0.05) is 24.3 Å². The van der Waals surface area contributed by atoms with E-state index in [1.807, 2.05) is 6.92 Å². The summed E-state index contributed by atoms with van der Waals surface area (Å²) in [6.45, 7) is 2.59. The van der Waals surface area contributed by atoms with Gasteiger partial charge in [0.2, 0.25) is 5.91 Å². The first kappa shape index (κ1) is 26.5. The van der Waals surface area contributed by atoms with Gasteiger partial charge < -0.3 is 15.4 Å². The normalized spacial score (nSPS) is 18.2. The van der Waals surface area contributed by atoms with Crippen LogP contribution in [-0.4, -0.2) is 36.1 Å². The average Bonchev–Trinajstić information content (AvgIpc) is 2.82. The Labute approximate surface area is 202 Å². The predicted octanol–water partition coefficient (Wildman–Crippen LogP) is 5.41. The molecule has 1 fully saturated rings. The second-order valence-electron chi connectivity index (χ2n) is 8.85. The van der Waals surface area contributed by atoms with Crippen LogP contribution in [0.1, 0.15) is 48.8 Å². The van der Waals surface area contributed by atoms with Crippen LogP contribution in [0.25, 0.3) is 0 Å². The van der Waals surface area contributed by atoms with Crippen LogP contribution in [0.2, 0.25) is 0 Å². The third-order valence-electron chi connectivity index (χ3n) is 6.08. The quantitative estimate of drug-likeness (QED) is 0.262. The first-order valence-electron chi connectivity index (χ1n) is 11.7. The Balaban J connectivity index is 1.36. The molecule has 2 aromatic rings. The molecule has 1 aliphatic rings. The second-order valence-corrected chi connectivity index (χ2v) is 8.85. The minimum Gasteiger partial charge on any atom is -0.382 e. The van der Waals surface area contributed by atoms with Crippen LogP contribution < -0.4 is 10.6 Å². The number of rotatable bonds is 10. The largest absolute Gasteiger partial charge is 0.423 e. The van der Waals surface area contributed by atoms with Crippen LogP contribution in [0, 0.1) is 17.0 Å². The van der Waals surface area contributed by atoms with Crippen molar-refractivity contribution in [3.05, 3.63) is 69.3 Å². The van der Waals surface area contributed by atoms with Crippen molar-refractivity contribution in [2.45, 2.75) is 63.8 Å². The van der Waals surface area contributed by atoms with Crippen LogP contribution in [0.3, 0.4) is 0 Å². The standard InChI is InChI=1S/C25H30F3N3O4/c1-17-4-6-18(7-5-17)3-2-14-29-24(32)16-35-21-11-8-19(9-12-21)30-20-10-13-23(31(33)34)22(15-20)25(26,27)28/h4-7,10,13,15,19,21,30H,2-3,8-9,11-12,14,16H2,1H3,(H,29,32). The number of benzene rings is 2. The highest BCUT2D eigenvalue weighted by Gasteiger charge is 2.38. The van der Waals surface area contributed by atoms with Gasteiger partial charge in [-0.2, -0.15) is 13.2 Å². The van der Waals surface area contributed by atoms with Gasteiger partial charge in [0.15, 0.2) is 0 Å². The lowest BCUT2D eigenvalue weighted by molar-refractivity contribution is -0.388. The maximum absolute atomic E-state index is 13.2. The van der Waals surface area contributed by atoms with Crippen LogP contribution in [0.4, 0.5) is 24.5 Å². The third-order valence-corrected chi connectivity index (χ3v) is 6.08. The molecule has 0 spiro atoms. The summed E-state index contributed by atoms with van der Waals surface area (Å²) in [5.74, 6) is -0.167. The molecule has 190 valence electrons. The Morgan fingerprint density at radius 2 is 1.80 bits per heavy atom. The molecular formula is C25H30F3N3O4. The number of aryl methyl sites for hydroxylation is 2. The third kappa shape index (κ3) is 8.24. The molecule has 1 saturated carbocycles. The highest BCUT2D eigenvalue weighted by molar-refractivity contribution is 5.77. The van der Waals surface area contributed by atoms with E-state index in [1.54, 1.807) is 0 Å². The fraction of sp³-hybridized carbons (Fsp3) is 0.480. The van der Waals surface area contributed by atoms with Crippen LogP contribution in [0.5, 0.6) is 0 Å². The lowest BCUT2D eigenvalue weighted by Crippen LogP contribution is -2.34. The van der Waals surface area contributed by atoms with Crippen molar-refractivity contribution in [1.29, 1.82) is 0 Å². The molecule has 35 heavy (non-hydrogen) atoms. The van der Waals surface area contributed by atoms with E-state index < -0.39 is 22.4 Å². The van der Waals surface area contributed by atoms with Gasteiger partial charge in [-0.3, -0.25) is 14.9 Å². The minimum atomic E-state index is -4.81. The van der Waals surface area contributed by atoms with E-state index >= 15 is 0 Å². The molecule has 0 atom stereocenters. The van der Waals surface area contributed by atoms with Gasteiger partial charge >= 0.3 is 6.18 Å². The Hall–Kier alpha value is -3.14. The van der Waals surface area contributed by atoms with E-state index in [2.05, 4.69) is 34.9 Å². The van der Waals surface area contributed by atoms with Gasteiger partial charge in [-0.25, -0.2) is 0 Å². The zero-order chi connectivity index (χ0) is 25.4. The number of ether oxygens (including phenoxy) is 1. The monoisotopic (exact) mass is 493 g/mol. The van der Waals surface area contributed by atoms with Gasteiger partial charge in [-0.15, -0.1) is 0 Å². The lowest BCUT2D eigenvalue weighted by atomic mass is 9.92. The smallest absolute Gasteiger partial charge is 0.382 e. The molecule has 1 aliphatic carbocycles. The van der Waals surface area contributed by atoms with Crippen molar-refractivity contribution in [1.82, 2.24) is 5.32 Å². The molecule has 0 heterocycles. The Kier molecular flexibility index (Phi) is 9.08. The number of nitro benzene ring substituents is 1. The molecule has 0 unspecified atom stereocenters. The van der Waals surface area contributed by atoms with Gasteiger partial charge in [-0.1, -0.05) is 29.8 Å². The van der Waals surface area contributed by atoms with Gasteiger partial charge in [0.25, 0.3) is 5.69 Å². The van der Waals surface area contributed by atoms with E-state index in [9.17, 15) is 28.1 Å². The summed E-state index contributed by atoms with van der Waals surface area (Å²) in [4.78, 5) is 21.9. The zero-order valence-corrected chi connectivity index (χ0v) is 19.6. The summed E-state index contributed by atoms with van der Waals surface area (Å²) in [6, 6.07) is 11.2. The van der Waals surface area contributed by atoms with Crippen LogP contribution in [-0.2, 0) is 22.1 Å². The molecule has 2 N–H and O–H groups in total. The summed E-state index contributed by atoms with van der Waals surface area (Å²) >= 11 is 0. The molecule has 1 amide bonds. The number of anilines is 1. The van der Waals surface area contributed by atoms with Crippen molar-refractivity contribution >= 4 is 17.3 Å². The molecule has 2 aromatic carbocycles. The number of halogens is 3.